The van der Waals surface area contributed by atoms with Crippen molar-refractivity contribution in [3.8, 4) is 0 Å². The summed E-state index contributed by atoms with van der Waals surface area (Å²) in [5.74, 6) is 1.09. The molecular formula is C12H13NO. The van der Waals surface area contributed by atoms with Crippen LogP contribution in [0.5, 0.6) is 0 Å². The molecule has 1 aromatic heterocycles. The SMILES string of the molecule is c1ccc2oc([C@H]3CCCN3)cc2c1. The Morgan fingerprint density at radius 3 is 3.00 bits per heavy atom. The van der Waals surface area contributed by atoms with Gasteiger partial charge in [0.2, 0.25) is 0 Å². The Bertz CT molecular complexity index is 407. The van der Waals surface area contributed by atoms with E-state index in [1.165, 1.54) is 18.2 Å². The Labute approximate surface area is 82.9 Å². The number of hydrogen-bond donors (Lipinski definition) is 1. The van der Waals surface area contributed by atoms with Crippen LogP contribution < -0.4 is 5.32 Å². The van der Waals surface area contributed by atoms with Crippen LogP contribution in [0.15, 0.2) is 34.7 Å². The van der Waals surface area contributed by atoms with Gasteiger partial charge in [0, 0.05) is 5.39 Å². The van der Waals surface area contributed by atoms with Gasteiger partial charge in [-0.2, -0.15) is 0 Å². The van der Waals surface area contributed by atoms with Gasteiger partial charge in [-0.15, -0.1) is 0 Å². The highest BCUT2D eigenvalue weighted by molar-refractivity contribution is 5.77. The molecule has 0 radical (unpaired) electrons. The van der Waals surface area contributed by atoms with Crippen LogP contribution in [0.1, 0.15) is 24.6 Å². The highest BCUT2D eigenvalue weighted by Crippen LogP contribution is 2.28. The van der Waals surface area contributed by atoms with Crippen molar-refractivity contribution >= 4 is 11.0 Å². The third kappa shape index (κ3) is 1.23. The molecule has 0 saturated carbocycles. The van der Waals surface area contributed by atoms with Gasteiger partial charge in [0.1, 0.15) is 11.3 Å². The molecule has 2 heteroatoms. The molecule has 1 saturated heterocycles. The maximum atomic E-state index is 5.79. The van der Waals surface area contributed by atoms with Gasteiger partial charge < -0.3 is 9.73 Å². The van der Waals surface area contributed by atoms with E-state index >= 15 is 0 Å². The highest BCUT2D eigenvalue weighted by atomic mass is 16.3. The van der Waals surface area contributed by atoms with Gasteiger partial charge in [-0.3, -0.25) is 0 Å². The molecule has 1 aliphatic heterocycles. The van der Waals surface area contributed by atoms with Crippen LogP contribution in [0.25, 0.3) is 11.0 Å². The maximum absolute atomic E-state index is 5.79. The minimum Gasteiger partial charge on any atom is -0.459 e. The third-order valence-electron chi connectivity index (χ3n) is 2.85. The van der Waals surface area contributed by atoms with E-state index in [0.717, 1.165) is 17.9 Å². The lowest BCUT2D eigenvalue weighted by molar-refractivity contribution is 0.471. The number of fused-ring (bicyclic) bond motifs is 1. The van der Waals surface area contributed by atoms with E-state index in [2.05, 4.69) is 17.4 Å². The summed E-state index contributed by atoms with van der Waals surface area (Å²) in [6, 6.07) is 10.8. The molecule has 0 unspecified atom stereocenters. The van der Waals surface area contributed by atoms with Crippen LogP contribution >= 0.6 is 0 Å². The molecule has 0 amide bonds. The van der Waals surface area contributed by atoms with Crippen LogP contribution in [-0.2, 0) is 0 Å². The average Bonchev–Trinajstić information content (AvgIpc) is 2.86. The fourth-order valence-electron chi connectivity index (χ4n) is 2.10. The van der Waals surface area contributed by atoms with Gasteiger partial charge >= 0.3 is 0 Å². The Kier molecular flexibility index (Phi) is 1.81. The lowest BCUT2D eigenvalue weighted by atomic mass is 10.1. The van der Waals surface area contributed by atoms with Crippen molar-refractivity contribution in [3.63, 3.8) is 0 Å². The molecule has 2 heterocycles. The first-order valence-electron chi connectivity index (χ1n) is 5.15. The molecule has 1 N–H and O–H groups in total. The number of nitrogens with one attached hydrogen (secondary N) is 1. The Morgan fingerprint density at radius 1 is 1.29 bits per heavy atom. The molecule has 2 nitrogen and oxygen atoms in total. The average molecular weight is 187 g/mol. The number of hydrogen-bond acceptors (Lipinski definition) is 2. The molecule has 0 bridgehead atoms. The first-order chi connectivity index (χ1) is 6.93. The predicted molar refractivity (Wildman–Crippen MR) is 56.2 cm³/mol. The summed E-state index contributed by atoms with van der Waals surface area (Å²) in [7, 11) is 0. The topological polar surface area (TPSA) is 25.2 Å². The number of para-hydroxylation sites is 1. The van der Waals surface area contributed by atoms with E-state index in [0.29, 0.717) is 6.04 Å². The fourth-order valence-corrected chi connectivity index (χ4v) is 2.10. The summed E-state index contributed by atoms with van der Waals surface area (Å²) < 4.78 is 5.79. The van der Waals surface area contributed by atoms with Crippen molar-refractivity contribution in [2.75, 3.05) is 6.54 Å². The second kappa shape index (κ2) is 3.14. The highest BCUT2D eigenvalue weighted by Gasteiger charge is 2.19. The van der Waals surface area contributed by atoms with Crippen molar-refractivity contribution in [2.45, 2.75) is 18.9 Å². The zero-order valence-corrected chi connectivity index (χ0v) is 7.99. The molecule has 1 aliphatic rings. The van der Waals surface area contributed by atoms with Crippen molar-refractivity contribution < 1.29 is 4.42 Å². The fraction of sp³-hybridized carbons (Fsp3) is 0.333. The van der Waals surface area contributed by atoms with E-state index in [1.54, 1.807) is 0 Å². The van der Waals surface area contributed by atoms with Gasteiger partial charge in [0.05, 0.1) is 6.04 Å². The zero-order chi connectivity index (χ0) is 9.38. The molecule has 72 valence electrons. The van der Waals surface area contributed by atoms with Gasteiger partial charge in [-0.25, -0.2) is 0 Å². The quantitative estimate of drug-likeness (QED) is 0.742. The van der Waals surface area contributed by atoms with Crippen LogP contribution in [0.3, 0.4) is 0 Å². The molecule has 2 aromatic rings. The number of furan rings is 1. The molecule has 14 heavy (non-hydrogen) atoms. The molecular weight excluding hydrogens is 174 g/mol. The number of benzene rings is 1. The first kappa shape index (κ1) is 8.06. The van der Waals surface area contributed by atoms with E-state index in [1.807, 2.05) is 18.2 Å². The van der Waals surface area contributed by atoms with Gasteiger partial charge in [0.15, 0.2) is 0 Å². The third-order valence-corrected chi connectivity index (χ3v) is 2.85. The van der Waals surface area contributed by atoms with Crippen LogP contribution in [-0.4, -0.2) is 6.54 Å². The van der Waals surface area contributed by atoms with E-state index in [-0.39, 0.29) is 0 Å². The molecule has 0 spiro atoms. The van der Waals surface area contributed by atoms with Crippen LogP contribution in [0.4, 0.5) is 0 Å². The van der Waals surface area contributed by atoms with E-state index < -0.39 is 0 Å². The summed E-state index contributed by atoms with van der Waals surface area (Å²) in [6.45, 7) is 1.11. The van der Waals surface area contributed by atoms with Crippen molar-refractivity contribution in [1.82, 2.24) is 5.32 Å². The van der Waals surface area contributed by atoms with Crippen LogP contribution in [0.2, 0.25) is 0 Å². The smallest absolute Gasteiger partial charge is 0.134 e. The normalized spacial score (nSPS) is 21.9. The second-order valence-corrected chi connectivity index (χ2v) is 3.84. The summed E-state index contributed by atoms with van der Waals surface area (Å²) in [5.41, 5.74) is 0.996. The Balaban J connectivity index is 2.05. The van der Waals surface area contributed by atoms with Crippen molar-refractivity contribution in [1.29, 1.82) is 0 Å². The van der Waals surface area contributed by atoms with E-state index in [4.69, 9.17) is 4.42 Å². The molecule has 3 rings (SSSR count). The minimum atomic E-state index is 0.433. The van der Waals surface area contributed by atoms with Gasteiger partial charge in [-0.05, 0) is 31.5 Å². The molecule has 0 aliphatic carbocycles. The summed E-state index contributed by atoms with van der Waals surface area (Å²) in [4.78, 5) is 0. The van der Waals surface area contributed by atoms with Gasteiger partial charge in [0.25, 0.3) is 0 Å². The monoisotopic (exact) mass is 187 g/mol. The lowest BCUT2D eigenvalue weighted by Crippen LogP contribution is -2.11. The second-order valence-electron chi connectivity index (χ2n) is 3.84. The summed E-state index contributed by atoms with van der Waals surface area (Å²) in [6.07, 6.45) is 2.45. The lowest BCUT2D eigenvalue weighted by Gasteiger charge is -2.04. The molecule has 1 fully saturated rings. The summed E-state index contributed by atoms with van der Waals surface area (Å²) in [5, 5.41) is 4.64. The van der Waals surface area contributed by atoms with Crippen molar-refractivity contribution in [3.05, 3.63) is 36.1 Å². The standard InChI is InChI=1S/C12H13NO/c1-2-6-11-9(4-1)8-12(14-11)10-5-3-7-13-10/h1-2,4,6,8,10,13H,3,5,7H2/t10-/m1/s1. The Hall–Kier alpha value is -1.28. The Morgan fingerprint density at radius 2 is 2.21 bits per heavy atom. The van der Waals surface area contributed by atoms with E-state index in [9.17, 15) is 0 Å². The molecule has 1 atom stereocenters. The number of rotatable bonds is 1. The summed E-state index contributed by atoms with van der Waals surface area (Å²) >= 11 is 0. The zero-order valence-electron chi connectivity index (χ0n) is 7.99. The molecule has 1 aromatic carbocycles. The van der Waals surface area contributed by atoms with Gasteiger partial charge in [-0.1, -0.05) is 18.2 Å². The maximum Gasteiger partial charge on any atom is 0.134 e. The largest absolute Gasteiger partial charge is 0.459 e. The minimum absolute atomic E-state index is 0.433. The van der Waals surface area contributed by atoms with Crippen molar-refractivity contribution in [2.24, 2.45) is 0 Å². The van der Waals surface area contributed by atoms with Crippen LogP contribution in [0, 0.1) is 0 Å². The predicted octanol–water partition coefficient (Wildman–Crippen LogP) is 2.86. The first-order valence-corrected chi connectivity index (χ1v) is 5.15.